The second-order valence-corrected chi connectivity index (χ2v) is 10.9. The lowest BCUT2D eigenvalue weighted by atomic mass is 10.3. The fourth-order valence-corrected chi connectivity index (χ4v) is 4.57. The van der Waals surface area contributed by atoms with Gasteiger partial charge in [-0.05, 0) is 43.3 Å². The first-order valence-corrected chi connectivity index (χ1v) is 13.0. The highest BCUT2D eigenvalue weighted by Gasteiger charge is 2.24. The molecule has 1 heterocycles. The first kappa shape index (κ1) is 25.2. The highest BCUT2D eigenvalue weighted by atomic mass is 32.2. The number of nitrogen functional groups attached to an aromatic ring is 1. The fourth-order valence-electron chi connectivity index (χ4n) is 2.81. The fraction of sp³-hybridized carbons (Fsp3) is 0.0625. The van der Waals surface area contributed by atoms with Gasteiger partial charge in [0.05, 0.1) is 16.3 Å². The SMILES string of the molecule is Cc1[nH]n(-c2cc(S(=O)(=O)O)ccc2S(=O)(=O)O)c(=O)c1N=Nc1cc(N)ccc1S(=O)(=O)O. The van der Waals surface area contributed by atoms with Crippen LogP contribution in [0.3, 0.4) is 0 Å². The van der Waals surface area contributed by atoms with Crippen LogP contribution >= 0.6 is 0 Å². The summed E-state index contributed by atoms with van der Waals surface area (Å²) in [5.41, 5.74) is 2.96. The van der Waals surface area contributed by atoms with Crippen LogP contribution in [0.25, 0.3) is 5.69 Å². The highest BCUT2D eigenvalue weighted by molar-refractivity contribution is 7.86. The number of hydrogen-bond donors (Lipinski definition) is 5. The zero-order chi connectivity index (χ0) is 25.6. The van der Waals surface area contributed by atoms with Crippen molar-refractivity contribution in [3.8, 4) is 5.69 Å². The molecule has 0 aliphatic rings. The number of nitrogens with zero attached hydrogens (tertiary/aromatic N) is 3. The molecule has 0 saturated carbocycles. The largest absolute Gasteiger partial charge is 0.399 e. The molecular formula is C16H15N5O10S3. The van der Waals surface area contributed by atoms with E-state index in [-0.39, 0.29) is 11.4 Å². The van der Waals surface area contributed by atoms with Crippen LogP contribution in [0.5, 0.6) is 0 Å². The molecule has 3 rings (SSSR count). The number of aryl methyl sites for hydroxylation is 1. The van der Waals surface area contributed by atoms with Crippen molar-refractivity contribution >= 4 is 47.4 Å². The maximum Gasteiger partial charge on any atom is 0.299 e. The second-order valence-electron chi connectivity index (χ2n) is 6.71. The molecule has 0 bridgehead atoms. The van der Waals surface area contributed by atoms with Gasteiger partial charge in [0.2, 0.25) is 0 Å². The lowest BCUT2D eigenvalue weighted by molar-refractivity contribution is 0.477. The Morgan fingerprint density at radius 2 is 1.44 bits per heavy atom. The summed E-state index contributed by atoms with van der Waals surface area (Å²) in [4.78, 5) is 10.6. The topological polar surface area (TPSA) is 252 Å². The molecule has 0 aliphatic heterocycles. The van der Waals surface area contributed by atoms with Gasteiger partial charge in [0.25, 0.3) is 35.9 Å². The summed E-state index contributed by atoms with van der Waals surface area (Å²) < 4.78 is 98.1. The molecule has 3 aromatic rings. The second kappa shape index (κ2) is 8.42. The van der Waals surface area contributed by atoms with Crippen LogP contribution < -0.4 is 11.3 Å². The van der Waals surface area contributed by atoms with Crippen LogP contribution in [0, 0.1) is 6.92 Å². The quantitative estimate of drug-likeness (QED) is 0.171. The Bertz CT molecular complexity index is 1720. The molecule has 182 valence electrons. The Balaban J connectivity index is 2.24. The number of nitrogens with two attached hydrogens (primary N) is 1. The van der Waals surface area contributed by atoms with E-state index in [0.717, 1.165) is 12.1 Å². The van der Waals surface area contributed by atoms with E-state index in [1.54, 1.807) is 0 Å². The van der Waals surface area contributed by atoms with Gasteiger partial charge < -0.3 is 5.73 Å². The van der Waals surface area contributed by atoms with E-state index in [1.807, 2.05) is 0 Å². The third-order valence-electron chi connectivity index (χ3n) is 4.31. The van der Waals surface area contributed by atoms with Crippen LogP contribution in [0.15, 0.2) is 66.1 Å². The Kier molecular flexibility index (Phi) is 6.24. The molecule has 0 fully saturated rings. The summed E-state index contributed by atoms with van der Waals surface area (Å²) in [6.07, 6.45) is 0. The number of azo groups is 1. The van der Waals surface area contributed by atoms with Crippen molar-refractivity contribution in [3.63, 3.8) is 0 Å². The Morgan fingerprint density at radius 1 is 0.853 bits per heavy atom. The van der Waals surface area contributed by atoms with Gasteiger partial charge in [-0.3, -0.25) is 23.6 Å². The van der Waals surface area contributed by atoms with Crippen LogP contribution in [0.2, 0.25) is 0 Å². The molecule has 6 N–H and O–H groups in total. The zero-order valence-corrected chi connectivity index (χ0v) is 19.3. The minimum Gasteiger partial charge on any atom is -0.399 e. The van der Waals surface area contributed by atoms with Gasteiger partial charge in [0.15, 0.2) is 5.69 Å². The predicted octanol–water partition coefficient (Wildman–Crippen LogP) is 1.21. The first-order valence-electron chi connectivity index (χ1n) is 8.70. The van der Waals surface area contributed by atoms with Crippen molar-refractivity contribution in [2.75, 3.05) is 5.73 Å². The van der Waals surface area contributed by atoms with Crippen LogP contribution in [-0.2, 0) is 30.4 Å². The van der Waals surface area contributed by atoms with Gasteiger partial charge in [-0.1, -0.05) is 0 Å². The van der Waals surface area contributed by atoms with Gasteiger partial charge in [0, 0.05) is 5.69 Å². The van der Waals surface area contributed by atoms with Crippen LogP contribution in [0.4, 0.5) is 17.1 Å². The van der Waals surface area contributed by atoms with E-state index in [0.29, 0.717) is 22.9 Å². The normalized spacial score (nSPS) is 12.9. The van der Waals surface area contributed by atoms with Crippen LogP contribution in [0.1, 0.15) is 5.69 Å². The summed E-state index contributed by atoms with van der Waals surface area (Å²) in [5.74, 6) is 0. The third kappa shape index (κ3) is 5.05. The minimum atomic E-state index is -4.96. The molecule has 0 saturated heterocycles. The van der Waals surface area contributed by atoms with Crippen molar-refractivity contribution in [3.05, 3.63) is 52.4 Å². The molecular weight excluding hydrogens is 518 g/mol. The number of rotatable bonds is 6. The molecule has 0 unspecified atom stereocenters. The monoisotopic (exact) mass is 533 g/mol. The van der Waals surface area contributed by atoms with E-state index in [4.69, 9.17) is 5.73 Å². The van der Waals surface area contributed by atoms with Gasteiger partial charge in [-0.15, -0.1) is 10.2 Å². The van der Waals surface area contributed by atoms with Crippen molar-refractivity contribution in [2.24, 2.45) is 10.2 Å². The summed E-state index contributed by atoms with van der Waals surface area (Å²) in [7, 11) is -14.5. The van der Waals surface area contributed by atoms with Crippen molar-refractivity contribution in [2.45, 2.75) is 21.6 Å². The van der Waals surface area contributed by atoms with Crippen molar-refractivity contribution < 1.29 is 38.9 Å². The van der Waals surface area contributed by atoms with E-state index in [1.165, 1.54) is 13.0 Å². The van der Waals surface area contributed by atoms with E-state index in [9.17, 15) is 43.7 Å². The number of hydrogen-bond acceptors (Lipinski definition) is 10. The van der Waals surface area contributed by atoms with Gasteiger partial charge in [-0.25, -0.2) is 4.68 Å². The number of nitrogens with one attached hydrogen (secondary N) is 1. The summed E-state index contributed by atoms with van der Waals surface area (Å²) in [6, 6.07) is 5.16. The molecule has 0 radical (unpaired) electrons. The van der Waals surface area contributed by atoms with E-state index < -0.39 is 67.7 Å². The Hall–Kier alpha value is -3.42. The van der Waals surface area contributed by atoms with Crippen molar-refractivity contribution in [1.29, 1.82) is 0 Å². The highest BCUT2D eigenvalue weighted by Crippen LogP contribution is 2.29. The summed E-state index contributed by atoms with van der Waals surface area (Å²) in [5, 5.41) is 9.70. The number of aromatic amines is 1. The molecule has 0 amide bonds. The van der Waals surface area contributed by atoms with Gasteiger partial charge >= 0.3 is 0 Å². The lowest BCUT2D eigenvalue weighted by Crippen LogP contribution is -2.18. The first-order chi connectivity index (χ1) is 15.5. The number of anilines is 1. The number of benzene rings is 2. The minimum absolute atomic E-state index is 0.0374. The maximum atomic E-state index is 12.9. The molecule has 18 heteroatoms. The van der Waals surface area contributed by atoms with Gasteiger partial charge in [-0.2, -0.15) is 25.3 Å². The number of H-pyrrole nitrogens is 1. The molecule has 0 atom stereocenters. The average Bonchev–Trinajstić information content (AvgIpc) is 2.97. The molecule has 0 aliphatic carbocycles. The van der Waals surface area contributed by atoms with Gasteiger partial charge in [0.1, 0.15) is 15.5 Å². The smallest absolute Gasteiger partial charge is 0.299 e. The third-order valence-corrected chi connectivity index (χ3v) is 6.96. The summed E-state index contributed by atoms with van der Waals surface area (Å²) in [6.45, 7) is 1.30. The Labute approximate surface area is 191 Å². The van der Waals surface area contributed by atoms with E-state index >= 15 is 0 Å². The molecule has 34 heavy (non-hydrogen) atoms. The van der Waals surface area contributed by atoms with Crippen molar-refractivity contribution in [1.82, 2.24) is 9.78 Å². The van der Waals surface area contributed by atoms with Crippen LogP contribution in [-0.4, -0.2) is 48.7 Å². The molecule has 2 aromatic carbocycles. The number of aromatic nitrogens is 2. The van der Waals surface area contributed by atoms with E-state index in [2.05, 4.69) is 15.3 Å². The predicted molar refractivity (Wildman–Crippen MR) is 116 cm³/mol. The standard InChI is InChI=1S/C16H15N5O10S3/c1-8-15(19-18-11-6-9(17)2-4-13(11)33(26,27)28)16(22)21(20-8)12-7-10(32(23,24)25)3-5-14(12)34(29,30)31/h2-7,20H,17H2,1H3,(H,23,24,25)(H,26,27,28)(H,29,30,31). The summed E-state index contributed by atoms with van der Waals surface area (Å²) >= 11 is 0. The maximum absolute atomic E-state index is 12.9. The molecule has 0 spiro atoms. The average molecular weight is 534 g/mol. The molecule has 1 aromatic heterocycles. The zero-order valence-electron chi connectivity index (χ0n) is 16.8. The lowest BCUT2D eigenvalue weighted by Gasteiger charge is -2.09. The Morgan fingerprint density at radius 3 is 2.00 bits per heavy atom. The molecule has 15 nitrogen and oxygen atoms in total.